The normalized spacial score (nSPS) is 21.3. The summed E-state index contributed by atoms with van der Waals surface area (Å²) in [5, 5.41) is 0. The molecule has 0 N–H and O–H groups in total. The first-order valence-electron chi connectivity index (χ1n) is 5.75. The summed E-state index contributed by atoms with van der Waals surface area (Å²) in [5.74, 6) is 0.916. The van der Waals surface area contributed by atoms with E-state index in [1.54, 1.807) is 0 Å². The van der Waals surface area contributed by atoms with Gasteiger partial charge in [-0.15, -0.1) is 0 Å². The van der Waals surface area contributed by atoms with Crippen LogP contribution in [0.15, 0.2) is 24.3 Å². The van der Waals surface area contributed by atoms with Crippen LogP contribution in [0.5, 0.6) is 5.75 Å². The highest BCUT2D eigenvalue weighted by Gasteiger charge is 2.14. The third kappa shape index (κ3) is 2.96. The zero-order valence-electron chi connectivity index (χ0n) is 9.24. The summed E-state index contributed by atoms with van der Waals surface area (Å²) in [7, 11) is 0. The first kappa shape index (κ1) is 10.5. The van der Waals surface area contributed by atoms with Gasteiger partial charge in [-0.2, -0.15) is 0 Å². The lowest BCUT2D eigenvalue weighted by Gasteiger charge is -2.23. The standard InChI is InChI=1S/C13H18O2/c1-2-11-6-8-12(9-7-11)15-13-5-3-4-10-14-13/h6-9,13H,2-5,10H2,1H3. The lowest BCUT2D eigenvalue weighted by molar-refractivity contribution is -0.105. The largest absolute Gasteiger partial charge is 0.465 e. The fraction of sp³-hybridized carbons (Fsp3) is 0.538. The Bertz CT molecular complexity index is 286. The van der Waals surface area contributed by atoms with Gasteiger partial charge in [0.1, 0.15) is 5.75 Å². The van der Waals surface area contributed by atoms with Crippen LogP contribution in [0.4, 0.5) is 0 Å². The van der Waals surface area contributed by atoms with Crippen molar-refractivity contribution in [1.29, 1.82) is 0 Å². The molecule has 1 aromatic carbocycles. The number of aryl methyl sites for hydroxylation is 1. The van der Waals surface area contributed by atoms with Crippen molar-refractivity contribution in [3.05, 3.63) is 29.8 Å². The molecule has 1 atom stereocenters. The number of hydrogen-bond acceptors (Lipinski definition) is 2. The van der Waals surface area contributed by atoms with Gasteiger partial charge in [-0.3, -0.25) is 0 Å². The number of ether oxygens (including phenoxy) is 2. The van der Waals surface area contributed by atoms with E-state index in [0.29, 0.717) is 0 Å². The number of benzene rings is 1. The highest BCUT2D eigenvalue weighted by Crippen LogP contribution is 2.19. The molecule has 1 aliphatic rings. The minimum absolute atomic E-state index is 0.0359. The summed E-state index contributed by atoms with van der Waals surface area (Å²) < 4.78 is 11.2. The summed E-state index contributed by atoms with van der Waals surface area (Å²) in [5.41, 5.74) is 1.34. The average Bonchev–Trinajstić information content (AvgIpc) is 2.31. The Morgan fingerprint density at radius 1 is 1.27 bits per heavy atom. The Labute approximate surface area is 91.2 Å². The van der Waals surface area contributed by atoms with Crippen molar-refractivity contribution in [3.63, 3.8) is 0 Å². The fourth-order valence-corrected chi connectivity index (χ4v) is 1.76. The second-order valence-electron chi connectivity index (χ2n) is 3.91. The van der Waals surface area contributed by atoms with Crippen LogP contribution in [-0.2, 0) is 11.2 Å². The molecule has 2 rings (SSSR count). The predicted octanol–water partition coefficient (Wildman–Crippen LogP) is 3.15. The third-order valence-electron chi connectivity index (χ3n) is 2.74. The van der Waals surface area contributed by atoms with Crippen LogP contribution in [0.2, 0.25) is 0 Å². The van der Waals surface area contributed by atoms with E-state index in [4.69, 9.17) is 9.47 Å². The fourth-order valence-electron chi connectivity index (χ4n) is 1.76. The molecule has 82 valence electrons. The number of rotatable bonds is 3. The van der Waals surface area contributed by atoms with Crippen LogP contribution < -0.4 is 4.74 Å². The Balaban J connectivity index is 1.91. The minimum Gasteiger partial charge on any atom is -0.465 e. The highest BCUT2D eigenvalue weighted by atomic mass is 16.7. The van der Waals surface area contributed by atoms with Crippen molar-refractivity contribution in [2.45, 2.75) is 38.9 Å². The molecule has 0 radical (unpaired) electrons. The average molecular weight is 206 g/mol. The van der Waals surface area contributed by atoms with E-state index in [1.165, 1.54) is 12.0 Å². The van der Waals surface area contributed by atoms with Gasteiger partial charge in [-0.05, 0) is 37.0 Å². The van der Waals surface area contributed by atoms with E-state index in [-0.39, 0.29) is 6.29 Å². The maximum absolute atomic E-state index is 5.73. The van der Waals surface area contributed by atoms with Crippen LogP contribution in [0, 0.1) is 0 Å². The second kappa shape index (κ2) is 5.17. The molecule has 1 unspecified atom stereocenters. The number of hydrogen-bond donors (Lipinski definition) is 0. The van der Waals surface area contributed by atoms with Crippen molar-refractivity contribution in [2.24, 2.45) is 0 Å². The predicted molar refractivity (Wildman–Crippen MR) is 60.0 cm³/mol. The molecular weight excluding hydrogens is 188 g/mol. The SMILES string of the molecule is CCc1ccc(OC2CCCCO2)cc1. The topological polar surface area (TPSA) is 18.5 Å². The molecule has 0 saturated carbocycles. The summed E-state index contributed by atoms with van der Waals surface area (Å²) in [6.45, 7) is 2.98. The van der Waals surface area contributed by atoms with Gasteiger partial charge in [0, 0.05) is 6.42 Å². The van der Waals surface area contributed by atoms with Gasteiger partial charge in [0.2, 0.25) is 0 Å². The molecule has 0 aromatic heterocycles. The zero-order chi connectivity index (χ0) is 10.5. The van der Waals surface area contributed by atoms with E-state index < -0.39 is 0 Å². The van der Waals surface area contributed by atoms with Crippen molar-refractivity contribution in [3.8, 4) is 5.75 Å². The molecule has 0 amide bonds. The van der Waals surface area contributed by atoms with E-state index in [2.05, 4.69) is 19.1 Å². The van der Waals surface area contributed by atoms with Crippen LogP contribution >= 0.6 is 0 Å². The lowest BCUT2D eigenvalue weighted by Crippen LogP contribution is -2.24. The Morgan fingerprint density at radius 2 is 2.07 bits per heavy atom. The minimum atomic E-state index is -0.0359. The summed E-state index contributed by atoms with van der Waals surface area (Å²) in [4.78, 5) is 0. The Morgan fingerprint density at radius 3 is 2.67 bits per heavy atom. The maximum Gasteiger partial charge on any atom is 0.199 e. The molecule has 0 aliphatic carbocycles. The quantitative estimate of drug-likeness (QED) is 0.756. The van der Waals surface area contributed by atoms with Crippen LogP contribution in [0.25, 0.3) is 0 Å². The van der Waals surface area contributed by atoms with Crippen LogP contribution in [-0.4, -0.2) is 12.9 Å². The van der Waals surface area contributed by atoms with Gasteiger partial charge < -0.3 is 9.47 Å². The highest BCUT2D eigenvalue weighted by molar-refractivity contribution is 5.27. The molecule has 1 aliphatic heterocycles. The van der Waals surface area contributed by atoms with Crippen LogP contribution in [0.3, 0.4) is 0 Å². The van der Waals surface area contributed by atoms with Gasteiger partial charge in [-0.1, -0.05) is 19.1 Å². The molecule has 15 heavy (non-hydrogen) atoms. The smallest absolute Gasteiger partial charge is 0.199 e. The first-order valence-corrected chi connectivity index (χ1v) is 5.75. The Kier molecular flexibility index (Phi) is 3.62. The van der Waals surface area contributed by atoms with Gasteiger partial charge in [0.15, 0.2) is 6.29 Å². The molecule has 0 spiro atoms. The van der Waals surface area contributed by atoms with Crippen molar-refractivity contribution < 1.29 is 9.47 Å². The van der Waals surface area contributed by atoms with Crippen LogP contribution in [0.1, 0.15) is 31.7 Å². The van der Waals surface area contributed by atoms with E-state index >= 15 is 0 Å². The first-order chi connectivity index (χ1) is 7.38. The van der Waals surface area contributed by atoms with Gasteiger partial charge in [0.05, 0.1) is 6.61 Å². The lowest BCUT2D eigenvalue weighted by atomic mass is 10.2. The van der Waals surface area contributed by atoms with Crippen molar-refractivity contribution in [1.82, 2.24) is 0 Å². The van der Waals surface area contributed by atoms with E-state index in [1.807, 2.05) is 12.1 Å². The molecule has 1 saturated heterocycles. The molecular formula is C13H18O2. The molecule has 2 heteroatoms. The van der Waals surface area contributed by atoms with E-state index in [9.17, 15) is 0 Å². The molecule has 2 nitrogen and oxygen atoms in total. The molecule has 0 bridgehead atoms. The Hall–Kier alpha value is -1.02. The van der Waals surface area contributed by atoms with Crippen molar-refractivity contribution in [2.75, 3.05) is 6.61 Å². The third-order valence-corrected chi connectivity index (χ3v) is 2.74. The molecule has 1 fully saturated rings. The zero-order valence-corrected chi connectivity index (χ0v) is 9.24. The summed E-state index contributed by atoms with van der Waals surface area (Å²) in [6, 6.07) is 8.27. The second-order valence-corrected chi connectivity index (χ2v) is 3.91. The maximum atomic E-state index is 5.73. The summed E-state index contributed by atoms with van der Waals surface area (Å²) >= 11 is 0. The molecule has 1 aromatic rings. The van der Waals surface area contributed by atoms with E-state index in [0.717, 1.165) is 31.6 Å². The monoisotopic (exact) mass is 206 g/mol. The van der Waals surface area contributed by atoms with Gasteiger partial charge in [0.25, 0.3) is 0 Å². The summed E-state index contributed by atoms with van der Waals surface area (Å²) in [6.07, 6.45) is 4.41. The van der Waals surface area contributed by atoms with Crippen molar-refractivity contribution >= 4 is 0 Å². The van der Waals surface area contributed by atoms with Gasteiger partial charge >= 0.3 is 0 Å². The van der Waals surface area contributed by atoms with Gasteiger partial charge in [-0.25, -0.2) is 0 Å². The molecule has 1 heterocycles.